The summed E-state index contributed by atoms with van der Waals surface area (Å²) in [5.41, 5.74) is 3.23. The molecule has 1 fully saturated rings. The lowest BCUT2D eigenvalue weighted by molar-refractivity contribution is 0.0762. The predicted octanol–water partition coefficient (Wildman–Crippen LogP) is 4.22. The van der Waals surface area contributed by atoms with Crippen LogP contribution in [0, 0.1) is 5.82 Å². The van der Waals surface area contributed by atoms with Crippen LogP contribution in [0.4, 0.5) is 4.39 Å². The minimum absolute atomic E-state index is 0.0210. The van der Waals surface area contributed by atoms with E-state index in [2.05, 4.69) is 15.1 Å². The number of benzene rings is 2. The molecule has 1 amide bonds. The van der Waals surface area contributed by atoms with Crippen molar-refractivity contribution in [1.82, 2.24) is 20.0 Å². The third-order valence-corrected chi connectivity index (χ3v) is 5.45. The first-order valence-electron chi connectivity index (χ1n) is 9.65. The molecule has 7 heteroatoms. The van der Waals surface area contributed by atoms with Crippen LogP contribution in [-0.2, 0) is 6.54 Å². The maximum atomic E-state index is 13.2. The molecule has 0 spiro atoms. The molecule has 1 aromatic heterocycles. The molecule has 3 aromatic rings. The highest BCUT2D eigenvalue weighted by molar-refractivity contribution is 6.30. The topological polar surface area (TPSA) is 52.2 Å². The van der Waals surface area contributed by atoms with Crippen LogP contribution in [0.1, 0.15) is 22.3 Å². The highest BCUT2D eigenvalue weighted by atomic mass is 35.5. The zero-order valence-electron chi connectivity index (χ0n) is 15.9. The van der Waals surface area contributed by atoms with Crippen LogP contribution in [0.3, 0.4) is 0 Å². The molecule has 1 N–H and O–H groups in total. The van der Waals surface area contributed by atoms with Gasteiger partial charge in [-0.3, -0.25) is 14.8 Å². The van der Waals surface area contributed by atoms with Crippen LogP contribution < -0.4 is 0 Å². The molecule has 0 bridgehead atoms. The predicted molar refractivity (Wildman–Crippen MR) is 111 cm³/mol. The number of nitrogens with one attached hydrogen (secondary N) is 1. The summed E-state index contributed by atoms with van der Waals surface area (Å²) in [6, 6.07) is 13.9. The van der Waals surface area contributed by atoms with Crippen molar-refractivity contribution in [2.45, 2.75) is 13.0 Å². The van der Waals surface area contributed by atoms with Crippen molar-refractivity contribution in [3.63, 3.8) is 0 Å². The van der Waals surface area contributed by atoms with E-state index < -0.39 is 0 Å². The summed E-state index contributed by atoms with van der Waals surface area (Å²) in [4.78, 5) is 17.3. The number of halogens is 2. The monoisotopic (exact) mass is 412 g/mol. The van der Waals surface area contributed by atoms with Crippen molar-refractivity contribution in [1.29, 1.82) is 0 Å². The Bertz CT molecular complexity index is 971. The summed E-state index contributed by atoms with van der Waals surface area (Å²) in [7, 11) is 0. The van der Waals surface area contributed by atoms with E-state index in [0.29, 0.717) is 29.4 Å². The van der Waals surface area contributed by atoms with Gasteiger partial charge in [0.25, 0.3) is 5.91 Å². The SMILES string of the molecule is O=C(c1cn[nH]c1-c1ccc(Cl)cc1)N1CCCN(Cc2ccc(F)cc2)CC1. The summed E-state index contributed by atoms with van der Waals surface area (Å²) < 4.78 is 13.1. The Kier molecular flexibility index (Phi) is 5.92. The van der Waals surface area contributed by atoms with Crippen LogP contribution in [-0.4, -0.2) is 52.1 Å². The molecule has 150 valence electrons. The Labute approximate surface area is 174 Å². The van der Waals surface area contributed by atoms with Crippen LogP contribution in [0.15, 0.2) is 54.7 Å². The average Bonchev–Trinajstić information content (AvgIpc) is 3.10. The van der Waals surface area contributed by atoms with E-state index in [4.69, 9.17) is 11.6 Å². The van der Waals surface area contributed by atoms with Gasteiger partial charge < -0.3 is 4.90 Å². The van der Waals surface area contributed by atoms with Gasteiger partial charge in [0.1, 0.15) is 5.82 Å². The minimum Gasteiger partial charge on any atom is -0.337 e. The molecule has 0 unspecified atom stereocenters. The third-order valence-electron chi connectivity index (χ3n) is 5.20. The van der Waals surface area contributed by atoms with E-state index in [1.807, 2.05) is 29.2 Å². The normalized spacial score (nSPS) is 15.3. The maximum Gasteiger partial charge on any atom is 0.257 e. The molecule has 0 saturated carbocycles. The Morgan fingerprint density at radius 1 is 1.03 bits per heavy atom. The Morgan fingerprint density at radius 3 is 2.55 bits per heavy atom. The van der Waals surface area contributed by atoms with Crippen molar-refractivity contribution in [2.75, 3.05) is 26.2 Å². The summed E-state index contributed by atoms with van der Waals surface area (Å²) in [6.07, 6.45) is 2.48. The fraction of sp³-hybridized carbons (Fsp3) is 0.273. The zero-order chi connectivity index (χ0) is 20.2. The van der Waals surface area contributed by atoms with Gasteiger partial charge in [-0.1, -0.05) is 35.9 Å². The van der Waals surface area contributed by atoms with E-state index >= 15 is 0 Å². The largest absolute Gasteiger partial charge is 0.337 e. The second-order valence-electron chi connectivity index (χ2n) is 7.21. The molecule has 0 atom stereocenters. The Morgan fingerprint density at radius 2 is 1.79 bits per heavy atom. The number of nitrogens with zero attached hydrogens (tertiary/aromatic N) is 3. The molecule has 0 aliphatic carbocycles. The van der Waals surface area contributed by atoms with Gasteiger partial charge in [0, 0.05) is 43.3 Å². The van der Waals surface area contributed by atoms with Crippen LogP contribution in [0.5, 0.6) is 0 Å². The first-order chi connectivity index (χ1) is 14.1. The van der Waals surface area contributed by atoms with Crippen LogP contribution in [0.2, 0.25) is 5.02 Å². The van der Waals surface area contributed by atoms with Crippen molar-refractivity contribution in [3.05, 3.63) is 76.7 Å². The molecular weight excluding hydrogens is 391 g/mol. The van der Waals surface area contributed by atoms with Gasteiger partial charge in [0.05, 0.1) is 17.5 Å². The first kappa shape index (κ1) is 19.6. The number of carbonyl (C=O) groups excluding carboxylic acids is 1. The van der Waals surface area contributed by atoms with Crippen molar-refractivity contribution in [3.8, 4) is 11.3 Å². The minimum atomic E-state index is -0.224. The molecule has 29 heavy (non-hydrogen) atoms. The summed E-state index contributed by atoms with van der Waals surface area (Å²) in [5.74, 6) is -0.245. The molecule has 2 aromatic carbocycles. The zero-order valence-corrected chi connectivity index (χ0v) is 16.7. The molecule has 1 aliphatic heterocycles. The van der Waals surface area contributed by atoms with E-state index in [1.165, 1.54) is 12.1 Å². The van der Waals surface area contributed by atoms with Gasteiger partial charge in [0.2, 0.25) is 0 Å². The van der Waals surface area contributed by atoms with E-state index in [1.54, 1.807) is 18.3 Å². The van der Waals surface area contributed by atoms with Crippen molar-refractivity contribution in [2.24, 2.45) is 0 Å². The second kappa shape index (κ2) is 8.76. The molecule has 1 aliphatic rings. The molecule has 4 rings (SSSR count). The summed E-state index contributed by atoms with van der Waals surface area (Å²) in [6.45, 7) is 3.77. The molecule has 1 saturated heterocycles. The van der Waals surface area contributed by atoms with Gasteiger partial charge in [-0.25, -0.2) is 4.39 Å². The average molecular weight is 413 g/mol. The van der Waals surface area contributed by atoms with Gasteiger partial charge in [0.15, 0.2) is 0 Å². The number of carbonyl (C=O) groups is 1. The fourth-order valence-electron chi connectivity index (χ4n) is 3.64. The number of aromatic nitrogens is 2. The number of amides is 1. The number of aromatic amines is 1. The Balaban J connectivity index is 1.43. The molecule has 2 heterocycles. The number of hydrogen-bond donors (Lipinski definition) is 1. The lowest BCUT2D eigenvalue weighted by Crippen LogP contribution is -2.35. The quantitative estimate of drug-likeness (QED) is 0.698. The molecular formula is C22H22ClFN4O. The fourth-order valence-corrected chi connectivity index (χ4v) is 3.76. The summed E-state index contributed by atoms with van der Waals surface area (Å²) >= 11 is 5.97. The summed E-state index contributed by atoms with van der Waals surface area (Å²) in [5, 5.41) is 7.68. The molecule has 0 radical (unpaired) electrons. The van der Waals surface area contributed by atoms with Crippen molar-refractivity contribution >= 4 is 17.5 Å². The van der Waals surface area contributed by atoms with Crippen LogP contribution in [0.25, 0.3) is 11.3 Å². The van der Waals surface area contributed by atoms with Crippen LogP contribution >= 0.6 is 11.6 Å². The van der Waals surface area contributed by atoms with E-state index in [-0.39, 0.29) is 11.7 Å². The smallest absolute Gasteiger partial charge is 0.257 e. The van der Waals surface area contributed by atoms with Gasteiger partial charge >= 0.3 is 0 Å². The first-order valence-corrected chi connectivity index (χ1v) is 10.0. The van der Waals surface area contributed by atoms with Gasteiger partial charge in [-0.2, -0.15) is 5.10 Å². The highest BCUT2D eigenvalue weighted by Crippen LogP contribution is 2.24. The van der Waals surface area contributed by atoms with Crippen molar-refractivity contribution < 1.29 is 9.18 Å². The number of H-pyrrole nitrogens is 1. The molecule has 5 nitrogen and oxygen atoms in total. The number of hydrogen-bond acceptors (Lipinski definition) is 3. The number of rotatable bonds is 4. The van der Waals surface area contributed by atoms with Gasteiger partial charge in [-0.05, 0) is 36.2 Å². The lowest BCUT2D eigenvalue weighted by atomic mass is 10.1. The Hall–Kier alpha value is -2.70. The maximum absolute atomic E-state index is 13.2. The van der Waals surface area contributed by atoms with E-state index in [0.717, 1.165) is 37.2 Å². The second-order valence-corrected chi connectivity index (χ2v) is 7.65. The third kappa shape index (κ3) is 4.66. The highest BCUT2D eigenvalue weighted by Gasteiger charge is 2.24. The van der Waals surface area contributed by atoms with Gasteiger partial charge in [-0.15, -0.1) is 0 Å². The standard InChI is InChI=1S/C22H22ClFN4O/c23-18-6-4-17(5-7-18)21-20(14-25-26-21)22(29)28-11-1-10-27(12-13-28)15-16-2-8-19(24)9-3-16/h2-9,14H,1,10-13,15H2,(H,25,26). The lowest BCUT2D eigenvalue weighted by Gasteiger charge is -2.22. The van der Waals surface area contributed by atoms with E-state index in [9.17, 15) is 9.18 Å².